The van der Waals surface area contributed by atoms with Crippen molar-refractivity contribution < 1.29 is 9.53 Å². The van der Waals surface area contributed by atoms with Crippen molar-refractivity contribution in [3.05, 3.63) is 71.9 Å². The number of carbonyl (C=O) groups is 1. The van der Waals surface area contributed by atoms with Crippen LogP contribution < -0.4 is 10.2 Å². The van der Waals surface area contributed by atoms with Gasteiger partial charge in [-0.1, -0.05) is 37.3 Å². The maximum atomic E-state index is 12.3. The third-order valence-corrected chi connectivity index (χ3v) is 3.96. The minimum atomic E-state index is -0.341. The van der Waals surface area contributed by atoms with Gasteiger partial charge in [-0.3, -0.25) is 9.89 Å². The van der Waals surface area contributed by atoms with Gasteiger partial charge in [0.15, 0.2) is 0 Å². The summed E-state index contributed by atoms with van der Waals surface area (Å²) in [6, 6.07) is 19.0. The lowest BCUT2D eigenvalue weighted by Gasteiger charge is -2.04. The summed E-state index contributed by atoms with van der Waals surface area (Å²) in [6.07, 6.45) is 0.964. The maximum Gasteiger partial charge on any atom is 0.289 e. The monoisotopic (exact) mass is 362 g/mol. The number of benzene rings is 2. The highest BCUT2D eigenvalue weighted by Crippen LogP contribution is 2.21. The Bertz CT molecular complexity index is 915. The molecule has 6 heteroatoms. The van der Waals surface area contributed by atoms with Crippen LogP contribution in [0.3, 0.4) is 0 Å². The van der Waals surface area contributed by atoms with E-state index in [1.54, 1.807) is 6.07 Å². The first-order valence-corrected chi connectivity index (χ1v) is 8.86. The van der Waals surface area contributed by atoms with E-state index in [0.29, 0.717) is 18.0 Å². The third kappa shape index (κ3) is 4.82. The Morgan fingerprint density at radius 1 is 1.15 bits per heavy atom. The second kappa shape index (κ2) is 8.80. The van der Waals surface area contributed by atoms with Gasteiger partial charge in [-0.05, 0) is 49.2 Å². The Morgan fingerprint density at radius 2 is 1.89 bits per heavy atom. The maximum absolute atomic E-state index is 12.3. The largest absolute Gasteiger partial charge is 0.494 e. The van der Waals surface area contributed by atoms with E-state index in [4.69, 9.17) is 4.74 Å². The second-order valence-corrected chi connectivity index (χ2v) is 6.04. The van der Waals surface area contributed by atoms with Crippen molar-refractivity contribution in [1.29, 1.82) is 0 Å². The molecule has 0 fully saturated rings. The number of nitrogens with zero attached hydrogens (tertiary/aromatic N) is 2. The van der Waals surface area contributed by atoms with E-state index in [1.165, 1.54) is 0 Å². The number of H-pyrrole nitrogens is 1. The van der Waals surface area contributed by atoms with Crippen molar-refractivity contribution in [2.75, 3.05) is 6.61 Å². The molecule has 2 aromatic carbocycles. The van der Waals surface area contributed by atoms with E-state index >= 15 is 0 Å². The van der Waals surface area contributed by atoms with Gasteiger partial charge in [-0.15, -0.1) is 0 Å². The fourth-order valence-electron chi connectivity index (χ4n) is 2.47. The van der Waals surface area contributed by atoms with Crippen LogP contribution >= 0.6 is 0 Å². The highest BCUT2D eigenvalue weighted by molar-refractivity contribution is 6.00. The number of nitrogens with one attached hydrogen (secondary N) is 2. The average Bonchev–Trinajstić information content (AvgIpc) is 3.21. The molecule has 1 aromatic heterocycles. The van der Waals surface area contributed by atoms with Crippen LogP contribution in [0.1, 0.15) is 36.3 Å². The first kappa shape index (κ1) is 18.4. The minimum Gasteiger partial charge on any atom is -0.494 e. The van der Waals surface area contributed by atoms with Crippen molar-refractivity contribution in [3.63, 3.8) is 0 Å². The van der Waals surface area contributed by atoms with Crippen molar-refractivity contribution >= 4 is 11.6 Å². The molecule has 0 radical (unpaired) electrons. The van der Waals surface area contributed by atoms with Gasteiger partial charge in [0.1, 0.15) is 11.4 Å². The normalized spacial score (nSPS) is 11.3. The van der Waals surface area contributed by atoms with Crippen LogP contribution in [0.4, 0.5) is 0 Å². The van der Waals surface area contributed by atoms with Crippen LogP contribution in [0, 0.1) is 0 Å². The van der Waals surface area contributed by atoms with Gasteiger partial charge in [0.25, 0.3) is 5.91 Å². The van der Waals surface area contributed by atoms with Gasteiger partial charge in [0, 0.05) is 5.56 Å². The topological polar surface area (TPSA) is 79.4 Å². The van der Waals surface area contributed by atoms with Crippen molar-refractivity contribution in [2.45, 2.75) is 20.3 Å². The number of amides is 1. The Labute approximate surface area is 158 Å². The van der Waals surface area contributed by atoms with E-state index in [9.17, 15) is 4.79 Å². The highest BCUT2D eigenvalue weighted by Gasteiger charge is 2.11. The van der Waals surface area contributed by atoms with Gasteiger partial charge in [0.05, 0.1) is 18.0 Å². The molecular weight excluding hydrogens is 340 g/mol. The molecule has 1 amide bonds. The van der Waals surface area contributed by atoms with Crippen LogP contribution in [0.2, 0.25) is 0 Å². The van der Waals surface area contributed by atoms with Crippen molar-refractivity contribution in [2.24, 2.45) is 5.10 Å². The summed E-state index contributed by atoms with van der Waals surface area (Å²) in [5, 5.41) is 11.1. The van der Waals surface area contributed by atoms with Crippen molar-refractivity contribution in [1.82, 2.24) is 15.6 Å². The summed E-state index contributed by atoms with van der Waals surface area (Å²) in [4.78, 5) is 12.3. The standard InChI is InChI=1S/C21H22N4O2/c1-3-13-27-18-11-9-17(10-12-18)19-14-20(24-23-19)21(26)25-22-15(2)16-7-5-4-6-8-16/h4-12,14H,3,13H2,1-2H3,(H,23,24)(H,25,26)/b22-15+. The predicted octanol–water partition coefficient (Wildman–Crippen LogP) is 4.02. The molecule has 27 heavy (non-hydrogen) atoms. The number of aromatic nitrogens is 2. The molecule has 3 aromatic rings. The van der Waals surface area contributed by atoms with E-state index in [1.807, 2.05) is 61.5 Å². The predicted molar refractivity (Wildman–Crippen MR) is 106 cm³/mol. The first-order valence-electron chi connectivity index (χ1n) is 8.86. The number of hydrogen-bond acceptors (Lipinski definition) is 4. The van der Waals surface area contributed by atoms with Gasteiger partial charge >= 0.3 is 0 Å². The zero-order valence-electron chi connectivity index (χ0n) is 15.4. The van der Waals surface area contributed by atoms with Crippen LogP contribution in [-0.4, -0.2) is 28.4 Å². The smallest absolute Gasteiger partial charge is 0.289 e. The van der Waals surface area contributed by atoms with Gasteiger partial charge in [-0.2, -0.15) is 10.2 Å². The number of carbonyl (C=O) groups excluding carboxylic acids is 1. The van der Waals surface area contributed by atoms with Crippen LogP contribution in [0.5, 0.6) is 5.75 Å². The lowest BCUT2D eigenvalue weighted by atomic mass is 10.1. The molecular formula is C21H22N4O2. The minimum absolute atomic E-state index is 0.341. The molecule has 0 saturated heterocycles. The first-order chi connectivity index (χ1) is 13.2. The van der Waals surface area contributed by atoms with Gasteiger partial charge in [0.2, 0.25) is 0 Å². The van der Waals surface area contributed by atoms with Crippen molar-refractivity contribution in [3.8, 4) is 17.0 Å². The summed E-state index contributed by atoms with van der Waals surface area (Å²) in [5.41, 5.74) is 6.17. The number of ether oxygens (including phenoxy) is 1. The Morgan fingerprint density at radius 3 is 2.59 bits per heavy atom. The summed E-state index contributed by atoms with van der Waals surface area (Å²) in [5.74, 6) is 0.478. The molecule has 0 aliphatic heterocycles. The van der Waals surface area contributed by atoms with E-state index in [0.717, 1.165) is 29.0 Å². The van der Waals surface area contributed by atoms with Gasteiger partial charge < -0.3 is 4.74 Å². The number of aromatic amines is 1. The molecule has 1 heterocycles. The molecule has 3 rings (SSSR count). The SMILES string of the molecule is CCCOc1ccc(-c2cc(C(=O)N/N=C(\C)c3ccccc3)[nH]n2)cc1. The molecule has 0 saturated carbocycles. The fourth-order valence-corrected chi connectivity index (χ4v) is 2.47. The van der Waals surface area contributed by atoms with Gasteiger partial charge in [-0.25, -0.2) is 5.43 Å². The van der Waals surface area contributed by atoms with E-state index in [2.05, 4.69) is 27.6 Å². The molecule has 2 N–H and O–H groups in total. The Hall–Kier alpha value is -3.41. The summed E-state index contributed by atoms with van der Waals surface area (Å²) >= 11 is 0. The zero-order chi connectivity index (χ0) is 19.1. The molecule has 0 bridgehead atoms. The Balaban J connectivity index is 1.65. The van der Waals surface area contributed by atoms with Crippen LogP contribution in [0.15, 0.2) is 65.8 Å². The zero-order valence-corrected chi connectivity index (χ0v) is 15.4. The number of hydrogen-bond donors (Lipinski definition) is 2. The Kier molecular flexibility index (Phi) is 5.99. The average molecular weight is 362 g/mol. The molecule has 138 valence electrons. The molecule has 6 nitrogen and oxygen atoms in total. The van der Waals surface area contributed by atoms with Crippen LogP contribution in [-0.2, 0) is 0 Å². The lowest BCUT2D eigenvalue weighted by molar-refractivity contribution is 0.0950. The lowest BCUT2D eigenvalue weighted by Crippen LogP contribution is -2.19. The molecule has 0 unspecified atom stereocenters. The number of hydrazone groups is 1. The quantitative estimate of drug-likeness (QED) is 0.492. The molecule has 0 aliphatic carbocycles. The molecule has 0 atom stereocenters. The second-order valence-electron chi connectivity index (χ2n) is 6.04. The molecule has 0 spiro atoms. The summed E-state index contributed by atoms with van der Waals surface area (Å²) in [7, 11) is 0. The van der Waals surface area contributed by atoms with E-state index in [-0.39, 0.29) is 5.91 Å². The van der Waals surface area contributed by atoms with E-state index < -0.39 is 0 Å². The van der Waals surface area contributed by atoms with Crippen LogP contribution in [0.25, 0.3) is 11.3 Å². The fraction of sp³-hybridized carbons (Fsp3) is 0.190. The molecule has 0 aliphatic rings. The summed E-state index contributed by atoms with van der Waals surface area (Å²) in [6.45, 7) is 4.60. The summed E-state index contributed by atoms with van der Waals surface area (Å²) < 4.78 is 5.57. The highest BCUT2D eigenvalue weighted by atomic mass is 16.5. The number of rotatable bonds is 7. The third-order valence-electron chi connectivity index (χ3n) is 3.96.